The molecule has 0 bridgehead atoms. The lowest BCUT2D eigenvalue weighted by Gasteiger charge is -2.15. The van der Waals surface area contributed by atoms with E-state index >= 15 is 0 Å². The van der Waals surface area contributed by atoms with Gasteiger partial charge >= 0.3 is 0 Å². The van der Waals surface area contributed by atoms with Crippen LogP contribution in [0.3, 0.4) is 0 Å². The standard InChI is InChI=1S/C84H48N6/c1-2-10-52-39-55(20-17-49(52)9-1)58-25-30-70-71-31-26-59(43-74(71)67-16-6-5-15-66(67)73(70)42-58)56-22-21-54-41-57(24-23-53(54)40-56)63-47-77-72(45-61-12-8-37-86-81(61)83(77)88-48-63)60-27-32-68-64-13-3-4-14-65(64)69-33-28-62(46-76(69)75(68)44-60)84-87-38-35-79(90-84)78-34-29-51-19-18-50-11-7-36-85-80(50)82(51)89-78/h1-48H. The van der Waals surface area contributed by atoms with Gasteiger partial charge in [0.2, 0.25) is 0 Å². The van der Waals surface area contributed by atoms with Crippen molar-refractivity contribution in [3.05, 3.63) is 292 Å². The van der Waals surface area contributed by atoms with Crippen molar-refractivity contribution in [3.8, 4) is 67.3 Å². The van der Waals surface area contributed by atoms with E-state index in [-0.39, 0.29) is 0 Å². The monoisotopic (exact) mass is 1140 g/mol. The molecular formula is C84H48N6. The van der Waals surface area contributed by atoms with Gasteiger partial charge in [0.15, 0.2) is 5.82 Å². The third-order valence-corrected chi connectivity index (χ3v) is 18.7. The number of fused-ring (bicyclic) bond motifs is 20. The summed E-state index contributed by atoms with van der Waals surface area (Å²) < 4.78 is 0. The number of rotatable bonds is 6. The molecule has 0 unspecified atom stereocenters. The zero-order chi connectivity index (χ0) is 59.0. The summed E-state index contributed by atoms with van der Waals surface area (Å²) in [6.45, 7) is 0. The molecule has 0 saturated heterocycles. The second kappa shape index (κ2) is 19.7. The lowest BCUT2D eigenvalue weighted by molar-refractivity contribution is 1.17. The van der Waals surface area contributed by atoms with Gasteiger partial charge in [-0.05, 0) is 204 Å². The second-order valence-electron chi connectivity index (χ2n) is 23.8. The molecule has 14 aromatic carbocycles. The summed E-state index contributed by atoms with van der Waals surface area (Å²) in [5.41, 5.74) is 15.0. The van der Waals surface area contributed by atoms with Gasteiger partial charge in [0.05, 0.1) is 33.5 Å². The topological polar surface area (TPSA) is 77.3 Å². The van der Waals surface area contributed by atoms with Crippen molar-refractivity contribution >= 4 is 130 Å². The maximum absolute atomic E-state index is 5.27. The number of nitrogens with zero attached hydrogens (tertiary/aromatic N) is 6. The van der Waals surface area contributed by atoms with Crippen molar-refractivity contribution in [2.24, 2.45) is 0 Å². The third-order valence-electron chi connectivity index (χ3n) is 18.7. The summed E-state index contributed by atoms with van der Waals surface area (Å²) in [5, 5.41) is 23.6. The van der Waals surface area contributed by atoms with E-state index in [4.69, 9.17) is 29.9 Å². The Morgan fingerprint density at radius 2 is 0.600 bits per heavy atom. The van der Waals surface area contributed by atoms with E-state index in [1.807, 2.05) is 49.1 Å². The predicted molar refractivity (Wildman–Crippen MR) is 376 cm³/mol. The largest absolute Gasteiger partial charge is 0.254 e. The molecule has 90 heavy (non-hydrogen) atoms. The van der Waals surface area contributed by atoms with E-state index < -0.39 is 0 Å². The Labute approximate surface area is 515 Å². The van der Waals surface area contributed by atoms with Crippen LogP contribution in [0.15, 0.2) is 292 Å². The van der Waals surface area contributed by atoms with E-state index in [0.717, 1.165) is 104 Å². The Kier molecular flexibility index (Phi) is 11.0. The van der Waals surface area contributed by atoms with Gasteiger partial charge in [-0.25, -0.2) is 15.0 Å². The lowest BCUT2D eigenvalue weighted by Crippen LogP contribution is -1.95. The first-order chi connectivity index (χ1) is 44.5. The highest BCUT2D eigenvalue weighted by molar-refractivity contribution is 6.28. The molecule has 414 valence electrons. The Bertz CT molecular complexity index is 6290. The zero-order valence-electron chi connectivity index (χ0n) is 48.4. The molecule has 0 amide bonds. The first kappa shape index (κ1) is 50.1. The van der Waals surface area contributed by atoms with Crippen molar-refractivity contribution in [2.45, 2.75) is 0 Å². The van der Waals surface area contributed by atoms with E-state index in [1.54, 1.807) is 0 Å². The van der Waals surface area contributed by atoms with E-state index in [1.165, 1.54) is 86.9 Å². The van der Waals surface area contributed by atoms with Crippen LogP contribution in [0.4, 0.5) is 0 Å². The molecule has 0 N–H and O–H groups in total. The SMILES string of the molecule is c1ccc2cc(-c3ccc4c5ccc(-c6ccc7cc(-c8cnc9c(c8)c(-c8ccc%10c%11ccccc%11c%11ccc(-c%12nccc(-c%13ccc%14ccc%15cccnc%15c%14n%13)n%12)cc%11c%10c8)cc8cccnc89)ccc7c6)cc5c5ccccc5c4c3)ccc2c1. The van der Waals surface area contributed by atoms with Gasteiger partial charge in [0.25, 0.3) is 0 Å². The number of aromatic nitrogens is 6. The van der Waals surface area contributed by atoms with Crippen molar-refractivity contribution < 1.29 is 0 Å². The van der Waals surface area contributed by atoms with E-state index in [9.17, 15) is 0 Å². The number of hydrogen-bond acceptors (Lipinski definition) is 6. The summed E-state index contributed by atoms with van der Waals surface area (Å²) in [6, 6.07) is 97.2. The van der Waals surface area contributed by atoms with Crippen molar-refractivity contribution in [2.75, 3.05) is 0 Å². The molecule has 0 fully saturated rings. The third kappa shape index (κ3) is 7.98. The Hall–Kier alpha value is -12.1. The van der Waals surface area contributed by atoms with Crippen LogP contribution >= 0.6 is 0 Å². The van der Waals surface area contributed by atoms with Crippen molar-refractivity contribution in [1.82, 2.24) is 29.9 Å². The summed E-state index contributed by atoms with van der Waals surface area (Å²) in [4.78, 5) is 30.1. The normalized spacial score (nSPS) is 12.0. The second-order valence-corrected chi connectivity index (χ2v) is 23.8. The van der Waals surface area contributed by atoms with Crippen LogP contribution in [0.25, 0.3) is 197 Å². The lowest BCUT2D eigenvalue weighted by atomic mass is 9.89. The van der Waals surface area contributed by atoms with Crippen LogP contribution in [0.1, 0.15) is 0 Å². The summed E-state index contributed by atoms with van der Waals surface area (Å²) >= 11 is 0. The van der Waals surface area contributed by atoms with E-state index in [0.29, 0.717) is 5.82 Å². The van der Waals surface area contributed by atoms with Crippen molar-refractivity contribution in [1.29, 1.82) is 0 Å². The van der Waals surface area contributed by atoms with Gasteiger partial charge in [0.1, 0.15) is 0 Å². The molecule has 0 saturated carbocycles. The van der Waals surface area contributed by atoms with Crippen molar-refractivity contribution in [3.63, 3.8) is 0 Å². The van der Waals surface area contributed by atoms with Gasteiger partial charge < -0.3 is 0 Å². The van der Waals surface area contributed by atoms with Gasteiger partial charge in [-0.1, -0.05) is 188 Å². The minimum Gasteiger partial charge on any atom is -0.254 e. The number of benzene rings is 14. The fourth-order valence-corrected chi connectivity index (χ4v) is 14.3. The Morgan fingerprint density at radius 3 is 1.26 bits per heavy atom. The zero-order valence-corrected chi connectivity index (χ0v) is 48.4. The maximum Gasteiger partial charge on any atom is 0.159 e. The first-order valence-electron chi connectivity index (χ1n) is 30.5. The molecule has 0 spiro atoms. The molecule has 0 aliphatic rings. The fourth-order valence-electron chi connectivity index (χ4n) is 14.3. The molecule has 5 heterocycles. The average Bonchev–Trinajstić information content (AvgIpc) is 1.24. The molecule has 19 rings (SSSR count). The number of hydrogen-bond donors (Lipinski definition) is 0. The summed E-state index contributed by atoms with van der Waals surface area (Å²) in [7, 11) is 0. The number of pyridine rings is 4. The van der Waals surface area contributed by atoms with Gasteiger partial charge in [0, 0.05) is 57.5 Å². The molecule has 0 aliphatic carbocycles. The van der Waals surface area contributed by atoms with Gasteiger partial charge in [-0.2, -0.15) is 0 Å². The van der Waals surface area contributed by atoms with Crippen LogP contribution in [0, 0.1) is 0 Å². The minimum absolute atomic E-state index is 0.630. The molecule has 0 aliphatic heterocycles. The summed E-state index contributed by atoms with van der Waals surface area (Å²) in [6.07, 6.45) is 7.53. The molecule has 19 aromatic rings. The molecule has 6 nitrogen and oxygen atoms in total. The molecule has 0 atom stereocenters. The Balaban J connectivity index is 0.693. The molecule has 0 radical (unpaired) electrons. The highest BCUT2D eigenvalue weighted by Crippen LogP contribution is 2.44. The van der Waals surface area contributed by atoms with Crippen LogP contribution in [0.2, 0.25) is 0 Å². The van der Waals surface area contributed by atoms with E-state index in [2.05, 4.69) is 243 Å². The van der Waals surface area contributed by atoms with Crippen LogP contribution in [-0.2, 0) is 0 Å². The summed E-state index contributed by atoms with van der Waals surface area (Å²) in [5.74, 6) is 0.630. The fraction of sp³-hybridized carbons (Fsp3) is 0. The Morgan fingerprint density at radius 1 is 0.189 bits per heavy atom. The maximum atomic E-state index is 5.27. The molecular weight excluding hydrogens is 1090 g/mol. The van der Waals surface area contributed by atoms with Gasteiger partial charge in [-0.3, -0.25) is 15.0 Å². The highest BCUT2D eigenvalue weighted by Gasteiger charge is 2.19. The minimum atomic E-state index is 0.630. The van der Waals surface area contributed by atoms with Crippen LogP contribution in [0.5, 0.6) is 0 Å². The molecule has 6 heteroatoms. The predicted octanol–water partition coefficient (Wildman–Crippen LogP) is 21.9. The quantitative estimate of drug-likeness (QED) is 0.154. The first-order valence-corrected chi connectivity index (χ1v) is 30.5. The van der Waals surface area contributed by atoms with Crippen LogP contribution in [-0.4, -0.2) is 29.9 Å². The van der Waals surface area contributed by atoms with Crippen LogP contribution < -0.4 is 0 Å². The smallest absolute Gasteiger partial charge is 0.159 e. The van der Waals surface area contributed by atoms with Gasteiger partial charge in [-0.15, -0.1) is 0 Å². The highest BCUT2D eigenvalue weighted by atomic mass is 14.9. The average molecular weight is 1140 g/mol. The molecule has 5 aromatic heterocycles.